The molecule has 7 nitrogen and oxygen atoms in total. The molecule has 2 aromatic rings. The Morgan fingerprint density at radius 3 is 2.52 bits per heavy atom. The molecule has 0 atom stereocenters. The number of carbonyl (C=O) groups is 2. The number of nitrogens with zero attached hydrogens (tertiary/aromatic N) is 2. The summed E-state index contributed by atoms with van der Waals surface area (Å²) >= 11 is 0. The van der Waals surface area contributed by atoms with Crippen molar-refractivity contribution >= 4 is 17.5 Å². The third-order valence-corrected chi connectivity index (χ3v) is 6.17. The monoisotopic (exact) mass is 455 g/mol. The zero-order valence-corrected chi connectivity index (χ0v) is 18.9. The fourth-order valence-electron chi connectivity index (χ4n) is 4.36. The van der Waals surface area contributed by atoms with Gasteiger partial charge in [0.15, 0.2) is 18.2 Å². The molecule has 0 aromatic heterocycles. The Labute approximate surface area is 193 Å². The quantitative estimate of drug-likeness (QED) is 0.662. The molecule has 2 saturated heterocycles. The average Bonchev–Trinajstić information content (AvgIpc) is 3.25. The largest absolute Gasteiger partial charge is 0.494 e. The highest BCUT2D eigenvalue weighted by molar-refractivity contribution is 5.95. The van der Waals surface area contributed by atoms with E-state index < -0.39 is 0 Å². The molecular formula is C25H30FN3O4. The topological polar surface area (TPSA) is 71.1 Å². The van der Waals surface area contributed by atoms with E-state index in [0.29, 0.717) is 18.7 Å². The van der Waals surface area contributed by atoms with E-state index in [4.69, 9.17) is 9.47 Å². The number of piperidine rings is 1. The number of likely N-dealkylation sites (tertiary alicyclic amines) is 1. The fraction of sp³-hybridized carbons (Fsp3) is 0.440. The Balaban J connectivity index is 1.17. The molecule has 0 spiro atoms. The second-order valence-electron chi connectivity index (χ2n) is 8.52. The van der Waals surface area contributed by atoms with Crippen LogP contribution in [0.2, 0.25) is 0 Å². The van der Waals surface area contributed by atoms with Crippen LogP contribution in [-0.2, 0) is 16.1 Å². The lowest BCUT2D eigenvalue weighted by atomic mass is 10.0. The smallest absolute Gasteiger partial charge is 0.258 e. The molecule has 0 radical (unpaired) electrons. The number of nitrogens with one attached hydrogen (secondary N) is 1. The van der Waals surface area contributed by atoms with Gasteiger partial charge in [-0.3, -0.25) is 14.5 Å². The van der Waals surface area contributed by atoms with Crippen LogP contribution >= 0.6 is 0 Å². The van der Waals surface area contributed by atoms with E-state index >= 15 is 0 Å². The number of amides is 2. The number of hydrogen-bond donors (Lipinski definition) is 1. The van der Waals surface area contributed by atoms with Gasteiger partial charge in [-0.25, -0.2) is 4.39 Å². The van der Waals surface area contributed by atoms with Gasteiger partial charge in [0, 0.05) is 44.3 Å². The first-order chi connectivity index (χ1) is 16.0. The third-order valence-electron chi connectivity index (χ3n) is 6.17. The molecule has 8 heteroatoms. The predicted molar refractivity (Wildman–Crippen MR) is 123 cm³/mol. The molecule has 4 rings (SSSR count). The Morgan fingerprint density at radius 2 is 1.88 bits per heavy atom. The molecular weight excluding hydrogens is 425 g/mol. The van der Waals surface area contributed by atoms with E-state index in [0.717, 1.165) is 50.1 Å². The maximum Gasteiger partial charge on any atom is 0.258 e. The van der Waals surface area contributed by atoms with Gasteiger partial charge in [-0.05, 0) is 61.2 Å². The van der Waals surface area contributed by atoms with Crippen molar-refractivity contribution in [1.29, 1.82) is 0 Å². The summed E-state index contributed by atoms with van der Waals surface area (Å²) in [6, 6.07) is 12.4. The summed E-state index contributed by atoms with van der Waals surface area (Å²) in [4.78, 5) is 28.2. The lowest BCUT2D eigenvalue weighted by molar-refractivity contribution is -0.124. The summed E-state index contributed by atoms with van der Waals surface area (Å²) in [6.07, 6.45) is 3.15. The van der Waals surface area contributed by atoms with E-state index in [9.17, 15) is 14.0 Å². The van der Waals surface area contributed by atoms with E-state index in [1.165, 1.54) is 13.2 Å². The Hall–Kier alpha value is -3.13. The first-order valence-corrected chi connectivity index (χ1v) is 11.4. The zero-order chi connectivity index (χ0) is 23.2. The molecule has 0 aliphatic carbocycles. The predicted octanol–water partition coefficient (Wildman–Crippen LogP) is 3.12. The number of anilines is 1. The Bertz CT molecular complexity index is 974. The van der Waals surface area contributed by atoms with Crippen molar-refractivity contribution in [3.8, 4) is 11.5 Å². The number of rotatable bonds is 8. The van der Waals surface area contributed by atoms with Crippen molar-refractivity contribution < 1.29 is 23.5 Å². The molecule has 0 saturated carbocycles. The second-order valence-corrected chi connectivity index (χ2v) is 8.52. The van der Waals surface area contributed by atoms with Crippen molar-refractivity contribution in [2.75, 3.05) is 38.3 Å². The molecule has 1 N–H and O–H groups in total. The third kappa shape index (κ3) is 6.01. The van der Waals surface area contributed by atoms with E-state index in [1.54, 1.807) is 23.1 Å². The highest BCUT2D eigenvalue weighted by Gasteiger charge is 2.22. The molecule has 2 aliphatic heterocycles. The molecule has 0 unspecified atom stereocenters. The summed E-state index contributed by atoms with van der Waals surface area (Å²) < 4.78 is 24.5. The number of halogens is 1. The van der Waals surface area contributed by atoms with E-state index in [2.05, 4.69) is 10.2 Å². The minimum Gasteiger partial charge on any atom is -0.494 e. The standard InChI is InChI=1S/C25H30FN3O4/c1-32-23-9-4-18(15-22(23)26)16-28-13-10-19(11-14-28)27-24(30)17-33-21-7-5-20(6-8-21)29-12-2-3-25(29)31/h4-9,15,19H,2-3,10-14,16-17H2,1H3,(H,27,30). The first kappa shape index (κ1) is 23.0. The second kappa shape index (κ2) is 10.7. The SMILES string of the molecule is COc1ccc(CN2CCC(NC(=O)COc3ccc(N4CCCC4=O)cc3)CC2)cc1F. The molecule has 2 aromatic carbocycles. The van der Waals surface area contributed by atoms with Gasteiger partial charge in [-0.1, -0.05) is 6.07 Å². The van der Waals surface area contributed by atoms with Gasteiger partial charge in [-0.2, -0.15) is 0 Å². The van der Waals surface area contributed by atoms with Gasteiger partial charge < -0.3 is 19.7 Å². The molecule has 2 amide bonds. The van der Waals surface area contributed by atoms with E-state index in [-0.39, 0.29) is 36.0 Å². The number of benzene rings is 2. The van der Waals surface area contributed by atoms with Crippen LogP contribution in [0.15, 0.2) is 42.5 Å². The maximum atomic E-state index is 13.9. The minimum absolute atomic E-state index is 0.0483. The van der Waals surface area contributed by atoms with Crippen LogP contribution < -0.4 is 19.7 Å². The molecule has 0 bridgehead atoms. The van der Waals surface area contributed by atoms with Gasteiger partial charge >= 0.3 is 0 Å². The van der Waals surface area contributed by atoms with Crippen LogP contribution in [0.4, 0.5) is 10.1 Å². The van der Waals surface area contributed by atoms with Gasteiger partial charge in [0.05, 0.1) is 7.11 Å². The summed E-state index contributed by atoms with van der Waals surface area (Å²) in [5, 5.41) is 3.04. The Morgan fingerprint density at radius 1 is 1.12 bits per heavy atom. The molecule has 176 valence electrons. The van der Waals surface area contributed by atoms with Crippen molar-refractivity contribution in [3.05, 3.63) is 53.8 Å². The highest BCUT2D eigenvalue weighted by atomic mass is 19.1. The van der Waals surface area contributed by atoms with Crippen molar-refractivity contribution in [1.82, 2.24) is 10.2 Å². The maximum absolute atomic E-state index is 13.9. The number of ether oxygens (including phenoxy) is 2. The average molecular weight is 456 g/mol. The minimum atomic E-state index is -0.351. The Kier molecular flexibility index (Phi) is 7.44. The van der Waals surface area contributed by atoms with Gasteiger partial charge in [0.1, 0.15) is 5.75 Å². The summed E-state index contributed by atoms with van der Waals surface area (Å²) in [5.74, 6) is 0.494. The van der Waals surface area contributed by atoms with E-state index in [1.807, 2.05) is 18.2 Å². The lowest BCUT2D eigenvalue weighted by Gasteiger charge is -2.32. The molecule has 2 heterocycles. The van der Waals surface area contributed by atoms with Crippen LogP contribution in [0.25, 0.3) is 0 Å². The van der Waals surface area contributed by atoms with Gasteiger partial charge in [0.2, 0.25) is 5.91 Å². The first-order valence-electron chi connectivity index (χ1n) is 11.4. The van der Waals surface area contributed by atoms with Crippen LogP contribution in [0.1, 0.15) is 31.2 Å². The fourth-order valence-corrected chi connectivity index (χ4v) is 4.36. The lowest BCUT2D eigenvalue weighted by Crippen LogP contribution is -2.45. The number of carbonyl (C=O) groups excluding carboxylic acids is 2. The molecule has 2 fully saturated rings. The zero-order valence-electron chi connectivity index (χ0n) is 18.9. The number of methoxy groups -OCH3 is 1. The van der Waals surface area contributed by atoms with Crippen molar-refractivity contribution in [3.63, 3.8) is 0 Å². The van der Waals surface area contributed by atoms with Crippen LogP contribution in [0, 0.1) is 5.82 Å². The van der Waals surface area contributed by atoms with Gasteiger partial charge in [0.25, 0.3) is 5.91 Å². The van der Waals surface area contributed by atoms with Crippen LogP contribution in [0.5, 0.6) is 11.5 Å². The van der Waals surface area contributed by atoms with Crippen molar-refractivity contribution in [2.24, 2.45) is 0 Å². The summed E-state index contributed by atoms with van der Waals surface area (Å²) in [5.41, 5.74) is 1.77. The highest BCUT2D eigenvalue weighted by Crippen LogP contribution is 2.24. The molecule has 2 aliphatic rings. The molecule has 33 heavy (non-hydrogen) atoms. The summed E-state index contributed by atoms with van der Waals surface area (Å²) in [7, 11) is 1.45. The van der Waals surface area contributed by atoms with Crippen molar-refractivity contribution in [2.45, 2.75) is 38.3 Å². The van der Waals surface area contributed by atoms with Crippen LogP contribution in [-0.4, -0.2) is 56.1 Å². The summed E-state index contributed by atoms with van der Waals surface area (Å²) in [6.45, 7) is 3.03. The number of hydrogen-bond acceptors (Lipinski definition) is 5. The van der Waals surface area contributed by atoms with Crippen LogP contribution in [0.3, 0.4) is 0 Å². The normalized spacial score (nSPS) is 17.3. The van der Waals surface area contributed by atoms with Gasteiger partial charge in [-0.15, -0.1) is 0 Å².